The fourth-order valence-corrected chi connectivity index (χ4v) is 2.01. The van der Waals surface area contributed by atoms with Crippen LogP contribution in [-0.4, -0.2) is 47.7 Å². The predicted molar refractivity (Wildman–Crippen MR) is 51.2 cm³/mol. The number of carboxylic acids is 1. The maximum atomic E-state index is 11.9. The van der Waals surface area contributed by atoms with Gasteiger partial charge in [-0.3, -0.25) is 9.59 Å². The monoisotopic (exact) mass is 213 g/mol. The van der Waals surface area contributed by atoms with Crippen LogP contribution in [0.4, 0.5) is 0 Å². The average molecular weight is 213 g/mol. The molecule has 0 aromatic carbocycles. The van der Waals surface area contributed by atoms with Gasteiger partial charge in [0.25, 0.3) is 0 Å². The lowest BCUT2D eigenvalue weighted by molar-refractivity contribution is -0.145. The molecule has 5 heteroatoms. The highest BCUT2D eigenvalue weighted by atomic mass is 16.5. The van der Waals surface area contributed by atoms with Crippen molar-refractivity contribution in [1.29, 1.82) is 0 Å². The van der Waals surface area contributed by atoms with E-state index in [0.29, 0.717) is 26.2 Å². The second kappa shape index (κ2) is 3.81. The van der Waals surface area contributed by atoms with Crippen LogP contribution in [0.1, 0.15) is 13.3 Å². The molecular weight excluding hydrogens is 198 g/mol. The van der Waals surface area contributed by atoms with Gasteiger partial charge in [0.2, 0.25) is 5.91 Å². The van der Waals surface area contributed by atoms with Crippen LogP contribution < -0.4 is 0 Å². The fraction of sp³-hybridized carbons (Fsp3) is 0.800. The third-order valence-corrected chi connectivity index (χ3v) is 3.08. The third-order valence-electron chi connectivity index (χ3n) is 3.08. The second-order valence-electron chi connectivity index (χ2n) is 4.24. The second-order valence-corrected chi connectivity index (χ2v) is 4.24. The lowest BCUT2D eigenvalue weighted by atomic mass is 10.2. The van der Waals surface area contributed by atoms with Crippen LogP contribution in [-0.2, 0) is 14.3 Å². The Balaban J connectivity index is 1.94. The summed E-state index contributed by atoms with van der Waals surface area (Å²) in [6, 6.07) is 0.0706. The van der Waals surface area contributed by atoms with E-state index in [1.807, 2.05) is 6.92 Å². The van der Waals surface area contributed by atoms with Crippen molar-refractivity contribution in [2.75, 3.05) is 19.8 Å². The van der Waals surface area contributed by atoms with E-state index in [0.717, 1.165) is 0 Å². The van der Waals surface area contributed by atoms with E-state index in [4.69, 9.17) is 9.84 Å². The van der Waals surface area contributed by atoms with Crippen molar-refractivity contribution in [1.82, 2.24) is 4.90 Å². The Morgan fingerprint density at radius 1 is 1.40 bits per heavy atom. The molecule has 1 heterocycles. The topological polar surface area (TPSA) is 66.8 Å². The lowest BCUT2D eigenvalue weighted by Crippen LogP contribution is -2.48. The standard InChI is InChI=1S/C10H15NO4/c1-6-5-15-3-2-11(6)9(12)7-4-8(7)10(13)14/h6-8H,2-5H2,1H3,(H,13,14)/t6-,7-,8+/m1/s1. The van der Waals surface area contributed by atoms with Gasteiger partial charge in [-0.05, 0) is 13.3 Å². The minimum atomic E-state index is -0.853. The van der Waals surface area contributed by atoms with Crippen LogP contribution >= 0.6 is 0 Å². The molecule has 1 saturated heterocycles. The molecule has 2 rings (SSSR count). The highest BCUT2D eigenvalue weighted by molar-refractivity contribution is 5.89. The molecule has 0 unspecified atom stereocenters. The summed E-state index contributed by atoms with van der Waals surface area (Å²) in [6.07, 6.45) is 0.498. The number of rotatable bonds is 2. The summed E-state index contributed by atoms with van der Waals surface area (Å²) < 4.78 is 5.23. The summed E-state index contributed by atoms with van der Waals surface area (Å²) in [4.78, 5) is 24.3. The van der Waals surface area contributed by atoms with Crippen LogP contribution in [0.2, 0.25) is 0 Å². The molecule has 1 aliphatic heterocycles. The zero-order valence-corrected chi connectivity index (χ0v) is 8.68. The number of aliphatic carboxylic acids is 1. The summed E-state index contributed by atoms with van der Waals surface area (Å²) in [6.45, 7) is 3.62. The number of carboxylic acid groups (broad SMARTS) is 1. The average Bonchev–Trinajstić information content (AvgIpc) is 2.97. The summed E-state index contributed by atoms with van der Waals surface area (Å²) >= 11 is 0. The number of hydrogen-bond acceptors (Lipinski definition) is 3. The Morgan fingerprint density at radius 3 is 2.67 bits per heavy atom. The molecule has 1 saturated carbocycles. The Hall–Kier alpha value is -1.10. The minimum absolute atomic E-state index is 0.0156. The van der Waals surface area contributed by atoms with Gasteiger partial charge in [0.1, 0.15) is 0 Å². The first-order chi connectivity index (χ1) is 7.11. The van der Waals surface area contributed by atoms with Crippen molar-refractivity contribution in [3.8, 4) is 0 Å². The predicted octanol–water partition coefficient (Wildman–Crippen LogP) is -0.0456. The molecule has 0 aromatic heterocycles. The zero-order valence-electron chi connectivity index (χ0n) is 8.68. The lowest BCUT2D eigenvalue weighted by Gasteiger charge is -2.33. The maximum Gasteiger partial charge on any atom is 0.307 e. The molecule has 84 valence electrons. The van der Waals surface area contributed by atoms with Crippen LogP contribution in [0.15, 0.2) is 0 Å². The van der Waals surface area contributed by atoms with E-state index in [1.165, 1.54) is 0 Å². The summed E-state index contributed by atoms with van der Waals surface area (Å²) in [5.74, 6) is -1.61. The SMILES string of the molecule is C[C@@H]1COCCN1C(=O)[C@@H]1C[C@@H]1C(=O)O. The van der Waals surface area contributed by atoms with Gasteiger partial charge in [-0.1, -0.05) is 0 Å². The van der Waals surface area contributed by atoms with Gasteiger partial charge in [0.15, 0.2) is 0 Å². The summed E-state index contributed by atoms with van der Waals surface area (Å²) in [5.41, 5.74) is 0. The molecule has 2 aliphatic rings. The Bertz CT molecular complexity index is 291. The van der Waals surface area contributed by atoms with E-state index in [1.54, 1.807) is 4.90 Å². The molecule has 3 atom stereocenters. The van der Waals surface area contributed by atoms with Gasteiger partial charge >= 0.3 is 5.97 Å². The van der Waals surface area contributed by atoms with E-state index in [-0.39, 0.29) is 17.9 Å². The number of ether oxygens (including phenoxy) is 1. The van der Waals surface area contributed by atoms with E-state index in [9.17, 15) is 9.59 Å². The largest absolute Gasteiger partial charge is 0.481 e. The first-order valence-electron chi connectivity index (χ1n) is 5.22. The maximum absolute atomic E-state index is 11.9. The van der Waals surface area contributed by atoms with Gasteiger partial charge in [0.05, 0.1) is 31.1 Å². The van der Waals surface area contributed by atoms with E-state index >= 15 is 0 Å². The molecule has 0 aromatic rings. The van der Waals surface area contributed by atoms with Crippen LogP contribution in [0.3, 0.4) is 0 Å². The van der Waals surface area contributed by atoms with Crippen molar-refractivity contribution in [3.05, 3.63) is 0 Å². The Kier molecular flexibility index (Phi) is 2.65. The number of hydrogen-bond donors (Lipinski definition) is 1. The van der Waals surface area contributed by atoms with Gasteiger partial charge in [-0.25, -0.2) is 0 Å². The molecule has 1 aliphatic carbocycles. The number of carbonyl (C=O) groups excluding carboxylic acids is 1. The van der Waals surface area contributed by atoms with Gasteiger partial charge < -0.3 is 14.7 Å². The quantitative estimate of drug-likeness (QED) is 0.698. The van der Waals surface area contributed by atoms with Crippen molar-refractivity contribution >= 4 is 11.9 Å². The molecular formula is C10H15NO4. The fourth-order valence-electron chi connectivity index (χ4n) is 2.01. The van der Waals surface area contributed by atoms with Crippen molar-refractivity contribution < 1.29 is 19.4 Å². The number of nitrogens with zero attached hydrogens (tertiary/aromatic N) is 1. The van der Waals surface area contributed by atoms with Crippen LogP contribution in [0.5, 0.6) is 0 Å². The van der Waals surface area contributed by atoms with Crippen molar-refractivity contribution in [2.45, 2.75) is 19.4 Å². The molecule has 5 nitrogen and oxygen atoms in total. The van der Waals surface area contributed by atoms with Crippen molar-refractivity contribution in [3.63, 3.8) is 0 Å². The van der Waals surface area contributed by atoms with Crippen molar-refractivity contribution in [2.24, 2.45) is 11.8 Å². The smallest absolute Gasteiger partial charge is 0.307 e. The summed E-state index contributed by atoms with van der Waals surface area (Å²) in [7, 11) is 0. The van der Waals surface area contributed by atoms with Crippen LogP contribution in [0.25, 0.3) is 0 Å². The highest BCUT2D eigenvalue weighted by Gasteiger charge is 2.50. The van der Waals surface area contributed by atoms with E-state index in [2.05, 4.69) is 0 Å². The first-order valence-corrected chi connectivity index (χ1v) is 5.22. The van der Waals surface area contributed by atoms with E-state index < -0.39 is 11.9 Å². The summed E-state index contributed by atoms with van der Waals surface area (Å²) in [5, 5.41) is 8.74. The zero-order chi connectivity index (χ0) is 11.0. The Morgan fingerprint density at radius 2 is 2.13 bits per heavy atom. The number of amides is 1. The first kappa shape index (κ1) is 10.4. The number of morpholine rings is 1. The third kappa shape index (κ3) is 1.97. The molecule has 0 radical (unpaired) electrons. The van der Waals surface area contributed by atoms with Crippen LogP contribution in [0, 0.1) is 11.8 Å². The highest BCUT2D eigenvalue weighted by Crippen LogP contribution is 2.40. The molecule has 15 heavy (non-hydrogen) atoms. The molecule has 1 amide bonds. The van der Waals surface area contributed by atoms with Gasteiger partial charge in [0, 0.05) is 6.54 Å². The number of carbonyl (C=O) groups is 2. The molecule has 0 bridgehead atoms. The molecule has 1 N–H and O–H groups in total. The minimum Gasteiger partial charge on any atom is -0.481 e. The molecule has 2 fully saturated rings. The Labute approximate surface area is 88.0 Å². The van der Waals surface area contributed by atoms with Gasteiger partial charge in [-0.2, -0.15) is 0 Å². The molecule has 0 spiro atoms. The normalized spacial score (nSPS) is 35.0. The van der Waals surface area contributed by atoms with Gasteiger partial charge in [-0.15, -0.1) is 0 Å².